The summed E-state index contributed by atoms with van der Waals surface area (Å²) in [6.45, 7) is 0. The highest BCUT2D eigenvalue weighted by molar-refractivity contribution is 9.11. The molecule has 0 aliphatic heterocycles. The number of nitrogens with zero attached hydrogens (tertiary/aromatic N) is 4. The fourth-order valence-corrected chi connectivity index (χ4v) is 23.3. The van der Waals surface area contributed by atoms with Crippen molar-refractivity contribution in [3.05, 3.63) is 552 Å². The van der Waals surface area contributed by atoms with Crippen molar-refractivity contribution in [2.45, 2.75) is 0 Å². The van der Waals surface area contributed by atoms with Crippen LogP contribution in [-0.2, 0) is 0 Å². The molecule has 0 saturated heterocycles. The monoisotopic (exact) mass is 2090 g/mol. The lowest BCUT2D eigenvalue weighted by atomic mass is 9.97. The third kappa shape index (κ3) is 16.7. The summed E-state index contributed by atoms with van der Waals surface area (Å²) >= 11 is 14.7. The summed E-state index contributed by atoms with van der Waals surface area (Å²) in [4.78, 5) is 0. The van der Waals surface area contributed by atoms with Gasteiger partial charge in [0, 0.05) is 83.7 Å². The van der Waals surface area contributed by atoms with E-state index >= 15 is 0 Å². The molecule has 0 bridgehead atoms. The fraction of sp³-hybridized carbons (Fsp3) is 0. The Hall–Kier alpha value is -16.6. The Kier molecular flexibility index (Phi) is 23.7. The molecule has 680 valence electrons. The number of fused-ring (bicyclic) bond motifs is 20. The first-order valence-corrected chi connectivity index (χ1v) is 51.7. The van der Waals surface area contributed by atoms with Crippen LogP contribution in [0, 0.1) is 0 Å². The van der Waals surface area contributed by atoms with E-state index in [9.17, 15) is 0 Å². The second-order valence-corrected chi connectivity index (χ2v) is 40.2. The maximum Gasteiger partial charge on any atom is 0.0547 e. The first-order valence-electron chi connectivity index (χ1n) is 48.6. The van der Waals surface area contributed by atoms with E-state index in [0.717, 1.165) is 17.9 Å². The Balaban J connectivity index is 0.000000101. The molecule has 0 atom stereocenters. The van der Waals surface area contributed by atoms with Gasteiger partial charge in [-0.15, -0.1) is 0 Å². The fourth-order valence-electron chi connectivity index (χ4n) is 21.5. The SMILES string of the molecule is Brc1cccc(-c2cccc(-c3ccc4c(c3)c3c5ccccc5ccc3n4-c3ccccc3)c2)c1.Brc1cccc(-c2cccc(-c3ccc4c5c6ccccc6ccc5n(-c5ccccc5)c4c3)c2)c1.Brc1ccccc1-c1cccc(-c2ccc3c(c2)c2c4ccccc4ccc2n3-c2ccccc2)c1.Brc1ccccc1-c1cccc(-c2ccc3c4c5ccccc5ccc4n(-c4ccccc4)c3c2)c1. The highest BCUT2D eigenvalue weighted by Crippen LogP contribution is 2.47. The molecule has 144 heavy (non-hydrogen) atoms. The summed E-state index contributed by atoms with van der Waals surface area (Å²) in [5, 5.41) is 20.5. The van der Waals surface area contributed by atoms with Crippen molar-refractivity contribution >= 4 is 194 Å². The zero-order valence-electron chi connectivity index (χ0n) is 78.1. The van der Waals surface area contributed by atoms with Gasteiger partial charge in [-0.2, -0.15) is 0 Å². The van der Waals surface area contributed by atoms with Crippen LogP contribution in [0.25, 0.3) is 242 Å². The molecule has 0 spiro atoms. The van der Waals surface area contributed by atoms with Crippen molar-refractivity contribution in [2.75, 3.05) is 0 Å². The number of rotatable bonds is 12. The molecule has 8 heteroatoms. The quantitative estimate of drug-likeness (QED) is 0.116. The number of hydrogen-bond donors (Lipinski definition) is 0. The van der Waals surface area contributed by atoms with Gasteiger partial charge in [0.2, 0.25) is 0 Å². The van der Waals surface area contributed by atoms with E-state index in [1.165, 1.54) is 242 Å². The minimum atomic E-state index is 1.09. The van der Waals surface area contributed by atoms with Gasteiger partial charge in [0.25, 0.3) is 0 Å². The summed E-state index contributed by atoms with van der Waals surface area (Å²) in [5.41, 5.74) is 33.9. The molecule has 0 N–H and O–H groups in total. The lowest BCUT2D eigenvalue weighted by molar-refractivity contribution is 1.18. The first kappa shape index (κ1) is 88.8. The molecule has 28 rings (SSSR count). The van der Waals surface area contributed by atoms with Crippen molar-refractivity contribution in [1.29, 1.82) is 0 Å². The average molecular weight is 2100 g/mol. The van der Waals surface area contributed by atoms with Gasteiger partial charge in [0.1, 0.15) is 0 Å². The molecule has 0 saturated carbocycles. The van der Waals surface area contributed by atoms with Crippen molar-refractivity contribution in [1.82, 2.24) is 18.3 Å². The minimum Gasteiger partial charge on any atom is -0.309 e. The van der Waals surface area contributed by atoms with Crippen molar-refractivity contribution < 1.29 is 0 Å². The molecular formula is C136H88Br4N4. The van der Waals surface area contributed by atoms with Crippen molar-refractivity contribution in [3.63, 3.8) is 0 Å². The summed E-state index contributed by atoms with van der Waals surface area (Å²) in [5.74, 6) is 0. The first-order chi connectivity index (χ1) is 71.1. The number of para-hydroxylation sites is 4. The van der Waals surface area contributed by atoms with Gasteiger partial charge >= 0.3 is 0 Å². The van der Waals surface area contributed by atoms with E-state index in [4.69, 9.17) is 0 Å². The Bertz CT molecular complexity index is 9830. The Morgan fingerprint density at radius 1 is 0.125 bits per heavy atom. The topological polar surface area (TPSA) is 19.7 Å². The van der Waals surface area contributed by atoms with Gasteiger partial charge < -0.3 is 18.3 Å². The van der Waals surface area contributed by atoms with E-state index < -0.39 is 0 Å². The molecule has 0 aliphatic carbocycles. The van der Waals surface area contributed by atoms with Crippen LogP contribution in [-0.4, -0.2) is 18.3 Å². The predicted molar refractivity (Wildman–Crippen MR) is 627 cm³/mol. The average Bonchev–Trinajstić information content (AvgIpc) is 1.59. The molecule has 24 aromatic carbocycles. The zero-order chi connectivity index (χ0) is 96.2. The Labute approximate surface area is 868 Å². The molecule has 0 unspecified atom stereocenters. The summed E-state index contributed by atoms with van der Waals surface area (Å²) in [6, 6.07) is 192. The van der Waals surface area contributed by atoms with Crippen LogP contribution in [0.5, 0.6) is 0 Å². The van der Waals surface area contributed by atoms with Crippen LogP contribution >= 0.6 is 63.7 Å². The van der Waals surface area contributed by atoms with Gasteiger partial charge in [-0.25, -0.2) is 0 Å². The second kappa shape index (κ2) is 38.5. The molecule has 4 heterocycles. The summed E-state index contributed by atoms with van der Waals surface area (Å²) < 4.78 is 14.0. The largest absolute Gasteiger partial charge is 0.309 e. The van der Waals surface area contributed by atoms with Gasteiger partial charge in [-0.3, -0.25) is 0 Å². The number of halogens is 4. The van der Waals surface area contributed by atoms with Crippen LogP contribution < -0.4 is 0 Å². The number of benzene rings is 24. The summed E-state index contributed by atoms with van der Waals surface area (Å²) in [6.07, 6.45) is 0. The Morgan fingerprint density at radius 2 is 0.354 bits per heavy atom. The van der Waals surface area contributed by atoms with Gasteiger partial charge in [-0.05, 0) is 302 Å². The van der Waals surface area contributed by atoms with E-state index in [-0.39, 0.29) is 0 Å². The van der Waals surface area contributed by atoms with Crippen LogP contribution in [0.15, 0.2) is 552 Å². The maximum absolute atomic E-state index is 3.72. The minimum absolute atomic E-state index is 1.09. The highest BCUT2D eigenvalue weighted by atomic mass is 79.9. The molecule has 0 fully saturated rings. The number of aromatic nitrogens is 4. The summed E-state index contributed by atoms with van der Waals surface area (Å²) in [7, 11) is 0. The standard InChI is InChI=1S/4C34H22BrN/c35-28-12-7-11-26(21-28)24-9-6-10-25(20-24)27-17-18-32-31(22-27)34-30-15-5-4-8-23(30)16-19-33(34)36(32)29-13-2-1-3-14-29;35-28-12-7-11-26(21-28)24-9-6-10-25(20-24)27-16-18-31-33(22-27)36(29-13-2-1-3-14-29)32-19-17-23-8-4-5-15-30(23)34(31)32;35-31-16-7-6-14-28(31)26-11-8-10-24(21-26)25-18-19-32-30(22-25)34-29-15-5-4-9-23(29)17-20-33(34)36(32)27-12-2-1-3-13-27;35-31-16-7-6-14-28(31)26-11-8-10-24(21-26)25-17-19-30-33(22-25)36(27-12-2-1-3-13-27)32-20-18-23-9-4-5-15-29(23)34(30)32/h4*1-22H. The molecule has 4 nitrogen and oxygen atoms in total. The van der Waals surface area contributed by atoms with Gasteiger partial charge in [0.05, 0.1) is 44.1 Å². The number of hydrogen-bond acceptors (Lipinski definition) is 0. The third-order valence-electron chi connectivity index (χ3n) is 28.1. The van der Waals surface area contributed by atoms with Crippen LogP contribution in [0.4, 0.5) is 0 Å². The zero-order valence-corrected chi connectivity index (χ0v) is 84.5. The lowest BCUT2D eigenvalue weighted by Gasteiger charge is -2.10. The molecule has 4 aromatic heterocycles. The van der Waals surface area contributed by atoms with E-state index in [1.807, 2.05) is 0 Å². The lowest BCUT2D eigenvalue weighted by Crippen LogP contribution is -1.93. The van der Waals surface area contributed by atoms with Crippen LogP contribution in [0.3, 0.4) is 0 Å². The van der Waals surface area contributed by atoms with Gasteiger partial charge in [0.15, 0.2) is 0 Å². The second-order valence-electron chi connectivity index (χ2n) is 36.6. The molecule has 0 aliphatic rings. The van der Waals surface area contributed by atoms with E-state index in [2.05, 4.69) is 616 Å². The predicted octanol–water partition coefficient (Wildman–Crippen LogP) is 40.1. The molecular weight excluding hydrogens is 2010 g/mol. The van der Waals surface area contributed by atoms with Crippen molar-refractivity contribution in [3.8, 4) is 112 Å². The van der Waals surface area contributed by atoms with Gasteiger partial charge in [-0.1, -0.05) is 428 Å². The highest BCUT2D eigenvalue weighted by Gasteiger charge is 2.23. The van der Waals surface area contributed by atoms with Crippen LogP contribution in [0.1, 0.15) is 0 Å². The third-order valence-corrected chi connectivity index (χ3v) is 30.5. The van der Waals surface area contributed by atoms with Crippen LogP contribution in [0.2, 0.25) is 0 Å². The molecule has 0 radical (unpaired) electrons. The molecule has 0 amide bonds. The Morgan fingerprint density at radius 3 is 0.667 bits per heavy atom. The normalized spacial score (nSPS) is 11.5. The van der Waals surface area contributed by atoms with E-state index in [0.29, 0.717) is 0 Å². The molecule has 28 aromatic rings. The van der Waals surface area contributed by atoms with Crippen molar-refractivity contribution in [2.24, 2.45) is 0 Å². The smallest absolute Gasteiger partial charge is 0.0547 e. The maximum atomic E-state index is 3.72. The van der Waals surface area contributed by atoms with E-state index in [1.54, 1.807) is 0 Å².